The van der Waals surface area contributed by atoms with Crippen LogP contribution in [0, 0.1) is 0 Å². The predicted octanol–water partition coefficient (Wildman–Crippen LogP) is 3.40. The summed E-state index contributed by atoms with van der Waals surface area (Å²) in [6, 6.07) is 10.3. The number of hydrogen-bond donors (Lipinski definition) is 2. The molecule has 0 radical (unpaired) electrons. The number of rotatable bonds is 5. The van der Waals surface area contributed by atoms with Crippen LogP contribution < -0.4 is 10.6 Å². The molecule has 0 saturated carbocycles. The quantitative estimate of drug-likeness (QED) is 0.425. The molecule has 0 spiro atoms. The minimum absolute atomic E-state index is 0. The van der Waals surface area contributed by atoms with Crippen LogP contribution in [0.5, 0.6) is 0 Å². The van der Waals surface area contributed by atoms with Crippen LogP contribution in [0.25, 0.3) is 0 Å². The van der Waals surface area contributed by atoms with Crippen molar-refractivity contribution in [3.05, 3.63) is 53.9 Å². The molecule has 5 nitrogen and oxygen atoms in total. The van der Waals surface area contributed by atoms with Gasteiger partial charge in [0.25, 0.3) is 0 Å². The molecule has 2 rings (SSSR count). The average molecular weight is 441 g/mol. The van der Waals surface area contributed by atoms with Gasteiger partial charge < -0.3 is 10.6 Å². The number of nitrogens with zero attached hydrogens (tertiary/aromatic N) is 3. The summed E-state index contributed by atoms with van der Waals surface area (Å²) in [5.74, 6) is 0.842. The van der Waals surface area contributed by atoms with E-state index in [4.69, 9.17) is 4.99 Å². The van der Waals surface area contributed by atoms with E-state index < -0.39 is 0 Å². The number of aliphatic imine (C=N–C) groups is 1. The molecule has 0 unspecified atom stereocenters. The minimum atomic E-state index is -0.0183. The van der Waals surface area contributed by atoms with Gasteiger partial charge in [-0.2, -0.15) is 5.10 Å². The number of guanidine groups is 1. The van der Waals surface area contributed by atoms with Crippen LogP contribution in [0.3, 0.4) is 0 Å². The van der Waals surface area contributed by atoms with Gasteiger partial charge >= 0.3 is 0 Å². The van der Waals surface area contributed by atoms with Crippen LogP contribution in [0.15, 0.2) is 47.7 Å². The number of aromatic nitrogens is 2. The van der Waals surface area contributed by atoms with Crippen molar-refractivity contribution in [2.75, 3.05) is 6.54 Å². The molecular weight excluding hydrogens is 413 g/mol. The van der Waals surface area contributed by atoms with Crippen molar-refractivity contribution in [1.82, 2.24) is 20.4 Å². The standard InChI is InChI=1S/C18H27N5.HI/c1-5-19-17(22-18(2,3)4)20-13-15-9-6-7-10-16(15)14-23-12-8-11-21-23;/h6-12H,5,13-14H2,1-4H3,(H2,19,20,22);1H. The van der Waals surface area contributed by atoms with Gasteiger partial charge in [0.2, 0.25) is 0 Å². The maximum absolute atomic E-state index is 4.72. The number of halogens is 1. The molecule has 2 N–H and O–H groups in total. The zero-order valence-electron chi connectivity index (χ0n) is 14.9. The van der Waals surface area contributed by atoms with E-state index in [1.54, 1.807) is 6.20 Å². The maximum atomic E-state index is 4.72. The van der Waals surface area contributed by atoms with Crippen LogP contribution in [0.4, 0.5) is 0 Å². The minimum Gasteiger partial charge on any atom is -0.357 e. The van der Waals surface area contributed by atoms with E-state index in [9.17, 15) is 0 Å². The van der Waals surface area contributed by atoms with Crippen molar-refractivity contribution < 1.29 is 0 Å². The first-order valence-corrected chi connectivity index (χ1v) is 8.08. The topological polar surface area (TPSA) is 54.2 Å². The van der Waals surface area contributed by atoms with E-state index in [-0.39, 0.29) is 29.5 Å². The highest BCUT2D eigenvalue weighted by Crippen LogP contribution is 2.12. The van der Waals surface area contributed by atoms with E-state index in [2.05, 4.69) is 67.7 Å². The molecule has 24 heavy (non-hydrogen) atoms. The van der Waals surface area contributed by atoms with E-state index in [1.165, 1.54) is 11.1 Å². The lowest BCUT2D eigenvalue weighted by Crippen LogP contribution is -2.47. The highest BCUT2D eigenvalue weighted by atomic mass is 127. The Labute approximate surface area is 162 Å². The first-order valence-electron chi connectivity index (χ1n) is 8.08. The third-order valence-electron chi connectivity index (χ3n) is 3.26. The van der Waals surface area contributed by atoms with Gasteiger partial charge in [-0.15, -0.1) is 24.0 Å². The largest absolute Gasteiger partial charge is 0.357 e. The number of hydrogen-bond acceptors (Lipinski definition) is 2. The van der Waals surface area contributed by atoms with Crippen molar-refractivity contribution in [3.63, 3.8) is 0 Å². The molecule has 1 aromatic heterocycles. The molecule has 6 heteroatoms. The third-order valence-corrected chi connectivity index (χ3v) is 3.26. The second-order valence-electron chi connectivity index (χ2n) is 6.54. The van der Waals surface area contributed by atoms with Crippen molar-refractivity contribution in [1.29, 1.82) is 0 Å². The molecule has 0 bridgehead atoms. The van der Waals surface area contributed by atoms with Crippen molar-refractivity contribution in [2.24, 2.45) is 4.99 Å². The Morgan fingerprint density at radius 2 is 1.88 bits per heavy atom. The van der Waals surface area contributed by atoms with Crippen LogP contribution in [0.2, 0.25) is 0 Å². The molecular formula is C18H28IN5. The van der Waals surface area contributed by atoms with Gasteiger partial charge in [-0.3, -0.25) is 4.68 Å². The third kappa shape index (κ3) is 6.90. The lowest BCUT2D eigenvalue weighted by molar-refractivity contribution is 0.501. The van der Waals surface area contributed by atoms with Gasteiger partial charge in [0.1, 0.15) is 0 Å². The van der Waals surface area contributed by atoms with Crippen molar-refractivity contribution >= 4 is 29.9 Å². The van der Waals surface area contributed by atoms with Crippen LogP contribution in [-0.2, 0) is 13.1 Å². The normalized spacial score (nSPS) is 11.8. The maximum Gasteiger partial charge on any atom is 0.191 e. The Bertz CT molecular complexity index is 629. The number of benzene rings is 1. The molecule has 0 atom stereocenters. The fourth-order valence-electron chi connectivity index (χ4n) is 2.26. The molecule has 1 aromatic carbocycles. The summed E-state index contributed by atoms with van der Waals surface area (Å²) in [6.07, 6.45) is 3.78. The van der Waals surface area contributed by atoms with Crippen LogP contribution in [0.1, 0.15) is 38.8 Å². The molecule has 1 heterocycles. The SMILES string of the molecule is CCNC(=NCc1ccccc1Cn1cccn1)NC(C)(C)C.I. The Morgan fingerprint density at radius 1 is 1.17 bits per heavy atom. The van der Waals surface area contributed by atoms with Gasteiger partial charge in [-0.25, -0.2) is 4.99 Å². The predicted molar refractivity (Wildman–Crippen MR) is 111 cm³/mol. The van der Waals surface area contributed by atoms with Crippen LogP contribution in [-0.4, -0.2) is 27.8 Å². The lowest BCUT2D eigenvalue weighted by Gasteiger charge is -2.23. The summed E-state index contributed by atoms with van der Waals surface area (Å²) >= 11 is 0. The van der Waals surface area contributed by atoms with Gasteiger partial charge in [-0.1, -0.05) is 24.3 Å². The van der Waals surface area contributed by atoms with Crippen molar-refractivity contribution in [2.45, 2.75) is 46.3 Å². The summed E-state index contributed by atoms with van der Waals surface area (Å²) in [4.78, 5) is 4.72. The summed E-state index contributed by atoms with van der Waals surface area (Å²) < 4.78 is 1.93. The monoisotopic (exact) mass is 441 g/mol. The van der Waals surface area contributed by atoms with Crippen LogP contribution >= 0.6 is 24.0 Å². The molecule has 0 amide bonds. The lowest BCUT2D eigenvalue weighted by atomic mass is 10.1. The molecule has 0 saturated heterocycles. The zero-order chi connectivity index (χ0) is 16.7. The fourth-order valence-corrected chi connectivity index (χ4v) is 2.26. The van der Waals surface area contributed by atoms with Gasteiger partial charge in [0.15, 0.2) is 5.96 Å². The second kappa shape index (κ2) is 9.66. The molecule has 0 aliphatic heterocycles. The molecule has 0 aliphatic rings. The summed E-state index contributed by atoms with van der Waals surface area (Å²) in [7, 11) is 0. The highest BCUT2D eigenvalue weighted by Gasteiger charge is 2.11. The first-order chi connectivity index (χ1) is 11.0. The van der Waals surface area contributed by atoms with E-state index in [1.807, 2.05) is 16.9 Å². The van der Waals surface area contributed by atoms with Gasteiger partial charge in [-0.05, 0) is 44.9 Å². The first kappa shape index (κ1) is 20.5. The summed E-state index contributed by atoms with van der Waals surface area (Å²) in [5.41, 5.74) is 2.44. The summed E-state index contributed by atoms with van der Waals surface area (Å²) in [6.45, 7) is 10.7. The van der Waals surface area contributed by atoms with Crippen molar-refractivity contribution in [3.8, 4) is 0 Å². The molecule has 0 fully saturated rings. The Balaban J connectivity index is 0.00000288. The molecule has 0 aliphatic carbocycles. The molecule has 132 valence electrons. The Hall–Kier alpha value is -1.57. The Kier molecular flexibility index (Phi) is 8.24. The summed E-state index contributed by atoms with van der Waals surface area (Å²) in [5, 5.41) is 11.0. The smallest absolute Gasteiger partial charge is 0.191 e. The number of nitrogens with one attached hydrogen (secondary N) is 2. The second-order valence-corrected chi connectivity index (χ2v) is 6.54. The zero-order valence-corrected chi connectivity index (χ0v) is 17.2. The van der Waals surface area contributed by atoms with Gasteiger partial charge in [0, 0.05) is 24.5 Å². The van der Waals surface area contributed by atoms with E-state index >= 15 is 0 Å². The highest BCUT2D eigenvalue weighted by molar-refractivity contribution is 14.0. The Morgan fingerprint density at radius 3 is 2.46 bits per heavy atom. The molecule has 2 aromatic rings. The average Bonchev–Trinajstić information content (AvgIpc) is 2.98. The van der Waals surface area contributed by atoms with E-state index in [0.717, 1.165) is 19.0 Å². The van der Waals surface area contributed by atoms with E-state index in [0.29, 0.717) is 6.54 Å². The van der Waals surface area contributed by atoms with Gasteiger partial charge in [0.05, 0.1) is 13.1 Å². The fraction of sp³-hybridized carbons (Fsp3) is 0.444.